The maximum absolute atomic E-state index is 13.1. The highest BCUT2D eigenvalue weighted by molar-refractivity contribution is 5.50. The summed E-state index contributed by atoms with van der Waals surface area (Å²) in [5, 5.41) is 4.42. The van der Waals surface area contributed by atoms with Crippen molar-refractivity contribution in [1.82, 2.24) is 14.8 Å². The molecule has 1 saturated heterocycles. The fraction of sp³-hybridized carbons (Fsp3) is 0.471. The number of aromatic nitrogens is 3. The lowest BCUT2D eigenvalue weighted by Gasteiger charge is -2.41. The molecule has 0 atom stereocenters. The molecule has 2 aliphatic rings. The number of nitrogens with zero attached hydrogens (tertiary/aromatic N) is 4. The van der Waals surface area contributed by atoms with Crippen molar-refractivity contribution in [3.8, 4) is 0 Å². The summed E-state index contributed by atoms with van der Waals surface area (Å²) < 4.78 is 40.7. The van der Waals surface area contributed by atoms with Crippen molar-refractivity contribution in [2.45, 2.75) is 32.0 Å². The molecule has 0 bridgehead atoms. The van der Waals surface area contributed by atoms with E-state index < -0.39 is 11.7 Å². The standard InChI is InChI=1S/C17H17F3N4O/c18-17(19,20)13-4-2-6-21-16(13)23-8-11(9-23)10-24-15(25)7-12-3-1-5-14(12)22-24/h2,4,6-7,11H,1,3,5,8-10H2. The van der Waals surface area contributed by atoms with E-state index in [1.54, 1.807) is 11.0 Å². The number of fused-ring (bicyclic) bond motifs is 1. The second kappa shape index (κ2) is 5.86. The van der Waals surface area contributed by atoms with E-state index in [0.29, 0.717) is 19.6 Å². The van der Waals surface area contributed by atoms with Gasteiger partial charge in [0.2, 0.25) is 0 Å². The number of rotatable bonds is 3. The molecular formula is C17H17F3N4O. The third-order valence-corrected chi connectivity index (χ3v) is 4.80. The first kappa shape index (κ1) is 16.1. The van der Waals surface area contributed by atoms with Crippen molar-refractivity contribution in [1.29, 1.82) is 0 Å². The molecule has 4 rings (SSSR count). The maximum Gasteiger partial charge on any atom is 0.419 e. The Hall–Kier alpha value is -2.38. The molecule has 1 aliphatic carbocycles. The number of halogens is 3. The van der Waals surface area contributed by atoms with Gasteiger partial charge >= 0.3 is 6.18 Å². The molecule has 2 aromatic rings. The van der Waals surface area contributed by atoms with E-state index in [-0.39, 0.29) is 17.3 Å². The lowest BCUT2D eigenvalue weighted by molar-refractivity contribution is -0.137. The van der Waals surface area contributed by atoms with Gasteiger partial charge in [-0.25, -0.2) is 9.67 Å². The Morgan fingerprint density at radius 1 is 1.24 bits per heavy atom. The molecule has 0 saturated carbocycles. The Labute approximate surface area is 142 Å². The monoisotopic (exact) mass is 350 g/mol. The third kappa shape index (κ3) is 3.01. The lowest BCUT2D eigenvalue weighted by Crippen LogP contribution is -2.50. The summed E-state index contributed by atoms with van der Waals surface area (Å²) in [5.74, 6) is 0.0493. The molecule has 0 N–H and O–H groups in total. The highest BCUT2D eigenvalue weighted by Crippen LogP contribution is 2.37. The minimum atomic E-state index is -4.42. The van der Waals surface area contributed by atoms with E-state index in [1.807, 2.05) is 0 Å². The number of anilines is 1. The van der Waals surface area contributed by atoms with Crippen LogP contribution in [0.15, 0.2) is 29.2 Å². The quantitative estimate of drug-likeness (QED) is 0.852. The lowest BCUT2D eigenvalue weighted by atomic mass is 9.99. The van der Waals surface area contributed by atoms with Gasteiger partial charge in [0, 0.05) is 31.3 Å². The van der Waals surface area contributed by atoms with E-state index in [0.717, 1.165) is 36.6 Å². The average Bonchev–Trinajstić information content (AvgIpc) is 2.96. The number of alkyl halides is 3. The highest BCUT2D eigenvalue weighted by atomic mass is 19.4. The molecule has 0 amide bonds. The Bertz CT molecular complexity index is 856. The smallest absolute Gasteiger partial charge is 0.355 e. The third-order valence-electron chi connectivity index (χ3n) is 4.80. The summed E-state index contributed by atoms with van der Waals surface area (Å²) in [7, 11) is 0. The first-order valence-corrected chi connectivity index (χ1v) is 8.29. The van der Waals surface area contributed by atoms with Gasteiger partial charge in [-0.05, 0) is 37.0 Å². The van der Waals surface area contributed by atoms with Crippen LogP contribution in [-0.2, 0) is 25.6 Å². The average molecular weight is 350 g/mol. The Balaban J connectivity index is 1.46. The van der Waals surface area contributed by atoms with Crippen LogP contribution >= 0.6 is 0 Å². The zero-order valence-electron chi connectivity index (χ0n) is 13.5. The van der Waals surface area contributed by atoms with E-state index in [9.17, 15) is 18.0 Å². The summed E-state index contributed by atoms with van der Waals surface area (Å²) >= 11 is 0. The van der Waals surface area contributed by atoms with Crippen molar-refractivity contribution in [2.24, 2.45) is 5.92 Å². The van der Waals surface area contributed by atoms with Crippen molar-refractivity contribution in [3.63, 3.8) is 0 Å². The fourth-order valence-corrected chi connectivity index (χ4v) is 3.54. The second-order valence-corrected chi connectivity index (χ2v) is 6.63. The van der Waals surface area contributed by atoms with Gasteiger partial charge in [0.15, 0.2) is 0 Å². The number of pyridine rings is 1. The molecule has 1 fully saturated rings. The number of hydrogen-bond acceptors (Lipinski definition) is 4. The second-order valence-electron chi connectivity index (χ2n) is 6.63. The highest BCUT2D eigenvalue weighted by Gasteiger charge is 2.39. The number of hydrogen-bond donors (Lipinski definition) is 0. The van der Waals surface area contributed by atoms with Gasteiger partial charge in [0.1, 0.15) is 5.82 Å². The predicted octanol–water partition coefficient (Wildman–Crippen LogP) is 2.28. The SMILES string of the molecule is O=c1cc2c(nn1CC1CN(c3ncccc3C(F)(F)F)C1)CCC2. The van der Waals surface area contributed by atoms with Crippen LogP contribution in [0.4, 0.5) is 19.0 Å². The molecule has 5 nitrogen and oxygen atoms in total. The van der Waals surface area contributed by atoms with E-state index >= 15 is 0 Å². The predicted molar refractivity (Wildman–Crippen MR) is 85.5 cm³/mol. The molecule has 3 heterocycles. The van der Waals surface area contributed by atoms with Crippen LogP contribution < -0.4 is 10.5 Å². The van der Waals surface area contributed by atoms with Gasteiger partial charge in [0.25, 0.3) is 5.56 Å². The zero-order valence-corrected chi connectivity index (χ0v) is 13.5. The van der Waals surface area contributed by atoms with Gasteiger partial charge in [-0.3, -0.25) is 4.79 Å². The molecule has 0 aromatic carbocycles. The van der Waals surface area contributed by atoms with Crippen LogP contribution in [0.2, 0.25) is 0 Å². The van der Waals surface area contributed by atoms with Crippen LogP contribution in [0, 0.1) is 5.92 Å². The zero-order chi connectivity index (χ0) is 17.6. The van der Waals surface area contributed by atoms with Crippen molar-refractivity contribution >= 4 is 5.82 Å². The van der Waals surface area contributed by atoms with Gasteiger partial charge in [-0.15, -0.1) is 0 Å². The number of aryl methyl sites for hydroxylation is 2. The molecule has 2 aromatic heterocycles. The minimum Gasteiger partial charge on any atom is -0.355 e. The van der Waals surface area contributed by atoms with E-state index in [4.69, 9.17) is 0 Å². The van der Waals surface area contributed by atoms with Gasteiger partial charge < -0.3 is 4.90 Å². The molecule has 1 aliphatic heterocycles. The first-order valence-electron chi connectivity index (χ1n) is 8.29. The van der Waals surface area contributed by atoms with Crippen LogP contribution in [-0.4, -0.2) is 27.9 Å². The summed E-state index contributed by atoms with van der Waals surface area (Å²) in [6, 6.07) is 3.98. The van der Waals surface area contributed by atoms with Gasteiger partial charge in [0.05, 0.1) is 17.8 Å². The normalized spacial score (nSPS) is 17.5. The van der Waals surface area contributed by atoms with Crippen LogP contribution in [0.25, 0.3) is 0 Å². The molecule has 25 heavy (non-hydrogen) atoms. The minimum absolute atomic E-state index is 0.0412. The molecule has 132 valence electrons. The maximum atomic E-state index is 13.1. The molecule has 0 unspecified atom stereocenters. The topological polar surface area (TPSA) is 51.0 Å². The van der Waals surface area contributed by atoms with E-state index in [2.05, 4.69) is 10.1 Å². The van der Waals surface area contributed by atoms with Crippen LogP contribution in [0.3, 0.4) is 0 Å². The molecular weight excluding hydrogens is 333 g/mol. The fourth-order valence-electron chi connectivity index (χ4n) is 3.54. The molecule has 8 heteroatoms. The van der Waals surface area contributed by atoms with Crippen LogP contribution in [0.5, 0.6) is 0 Å². The summed E-state index contributed by atoms with van der Waals surface area (Å²) in [5.41, 5.74) is 1.15. The molecule has 0 radical (unpaired) electrons. The van der Waals surface area contributed by atoms with Crippen molar-refractivity contribution in [3.05, 3.63) is 51.6 Å². The van der Waals surface area contributed by atoms with Crippen molar-refractivity contribution in [2.75, 3.05) is 18.0 Å². The first-order chi connectivity index (χ1) is 11.9. The van der Waals surface area contributed by atoms with Gasteiger partial charge in [-0.1, -0.05) is 0 Å². The summed E-state index contributed by atoms with van der Waals surface area (Å²) in [6.45, 7) is 1.30. The summed E-state index contributed by atoms with van der Waals surface area (Å²) in [4.78, 5) is 17.6. The van der Waals surface area contributed by atoms with Gasteiger partial charge in [-0.2, -0.15) is 18.3 Å². The Kier molecular flexibility index (Phi) is 3.77. The Morgan fingerprint density at radius 3 is 2.80 bits per heavy atom. The Morgan fingerprint density at radius 2 is 2.04 bits per heavy atom. The summed E-state index contributed by atoms with van der Waals surface area (Å²) in [6.07, 6.45) is -0.259. The van der Waals surface area contributed by atoms with Crippen molar-refractivity contribution < 1.29 is 13.2 Å². The van der Waals surface area contributed by atoms with Crippen LogP contribution in [0.1, 0.15) is 23.2 Å². The largest absolute Gasteiger partial charge is 0.419 e. The van der Waals surface area contributed by atoms with E-state index in [1.165, 1.54) is 16.9 Å². The molecule has 0 spiro atoms.